The standard InChI is InChI=1S/C17H20N5O6PS2/c18-14-11-15(21-17(20-14)31-7-9-4-2-1-3-5-9)22(8-19-11)16-13(24)12(23)10(28-16)6-27-29(25,26)30/h1-5,8,10,12-13,16,23-24H,6-7H2,(H2,18,20,21)(H2,25,26,30)/t10-,12-,13-,16-/m1/s1. The number of nitrogen functional groups attached to an aromatic ring is 1. The molecule has 0 spiro atoms. The molecule has 1 aliphatic rings. The zero-order valence-corrected chi connectivity index (χ0v) is 18.5. The smallest absolute Gasteiger partial charge is 0.321 e. The molecule has 0 amide bonds. The fourth-order valence-corrected chi connectivity index (χ4v) is 4.48. The van der Waals surface area contributed by atoms with Crippen molar-refractivity contribution in [1.82, 2.24) is 19.5 Å². The number of aromatic nitrogens is 4. The fourth-order valence-electron chi connectivity index (χ4n) is 3.16. The summed E-state index contributed by atoms with van der Waals surface area (Å²) >= 11 is 5.79. The molecule has 0 saturated carbocycles. The molecular formula is C17H20N5O6PS2. The summed E-state index contributed by atoms with van der Waals surface area (Å²) in [7, 11) is 0. The van der Waals surface area contributed by atoms with E-state index in [0.29, 0.717) is 22.1 Å². The average Bonchev–Trinajstić information content (AvgIpc) is 3.27. The summed E-state index contributed by atoms with van der Waals surface area (Å²) in [5.41, 5.74) is 7.80. The Labute approximate surface area is 186 Å². The Hall–Kier alpha value is -1.67. The van der Waals surface area contributed by atoms with E-state index in [-0.39, 0.29) is 5.82 Å². The number of hydrogen-bond donors (Lipinski definition) is 5. The number of thioether (sulfide) groups is 1. The number of hydrogen-bond acceptors (Lipinski definition) is 10. The van der Waals surface area contributed by atoms with Crippen molar-refractivity contribution in [3.63, 3.8) is 0 Å². The summed E-state index contributed by atoms with van der Waals surface area (Å²) in [5, 5.41) is 21.2. The van der Waals surface area contributed by atoms with E-state index < -0.39 is 37.9 Å². The maximum atomic E-state index is 10.5. The van der Waals surface area contributed by atoms with Gasteiger partial charge in [0.2, 0.25) is 0 Å². The van der Waals surface area contributed by atoms with Crippen molar-refractivity contribution in [1.29, 1.82) is 0 Å². The number of nitrogens with zero attached hydrogens (tertiary/aromatic N) is 4. The first kappa shape index (κ1) is 22.5. The number of aliphatic hydroxyl groups excluding tert-OH is 2. The molecule has 1 aliphatic heterocycles. The molecule has 3 aromatic rings. The van der Waals surface area contributed by atoms with E-state index >= 15 is 0 Å². The maximum Gasteiger partial charge on any atom is 0.321 e. The number of anilines is 1. The summed E-state index contributed by atoms with van der Waals surface area (Å²) in [6, 6.07) is 9.80. The molecule has 3 heterocycles. The Kier molecular flexibility index (Phi) is 6.58. The number of nitrogens with two attached hydrogens (primary N) is 1. The zero-order valence-electron chi connectivity index (χ0n) is 15.9. The van der Waals surface area contributed by atoms with Crippen LogP contribution >= 0.6 is 18.5 Å². The van der Waals surface area contributed by atoms with Crippen molar-refractivity contribution in [3.05, 3.63) is 42.2 Å². The monoisotopic (exact) mass is 485 g/mol. The zero-order chi connectivity index (χ0) is 22.2. The van der Waals surface area contributed by atoms with Crippen LogP contribution < -0.4 is 5.73 Å². The molecule has 11 nitrogen and oxygen atoms in total. The van der Waals surface area contributed by atoms with E-state index in [4.69, 9.17) is 15.0 Å². The second kappa shape index (κ2) is 9.06. The van der Waals surface area contributed by atoms with Crippen molar-refractivity contribution in [2.75, 3.05) is 12.3 Å². The highest BCUT2D eigenvalue weighted by Crippen LogP contribution is 2.39. The van der Waals surface area contributed by atoms with Gasteiger partial charge in [0.05, 0.1) is 12.9 Å². The Morgan fingerprint density at radius 1 is 1.19 bits per heavy atom. The van der Waals surface area contributed by atoms with E-state index in [9.17, 15) is 20.0 Å². The van der Waals surface area contributed by atoms with E-state index in [1.165, 1.54) is 22.7 Å². The third-order valence-electron chi connectivity index (χ3n) is 4.66. The molecule has 0 radical (unpaired) electrons. The lowest BCUT2D eigenvalue weighted by Gasteiger charge is -2.17. The molecule has 166 valence electrons. The first-order valence-electron chi connectivity index (χ1n) is 9.11. The Balaban J connectivity index is 1.57. The first-order valence-corrected chi connectivity index (χ1v) is 12.7. The van der Waals surface area contributed by atoms with Gasteiger partial charge in [0, 0.05) is 5.75 Å². The molecule has 0 aliphatic carbocycles. The fraction of sp³-hybridized carbons (Fsp3) is 0.353. The van der Waals surface area contributed by atoms with Crippen LogP contribution in [0, 0.1) is 0 Å². The van der Waals surface area contributed by atoms with Gasteiger partial charge in [-0.3, -0.25) is 4.57 Å². The van der Waals surface area contributed by atoms with E-state index in [2.05, 4.69) is 26.8 Å². The number of imidazole rings is 1. The lowest BCUT2D eigenvalue weighted by molar-refractivity contribution is -0.0487. The first-order chi connectivity index (χ1) is 14.7. The van der Waals surface area contributed by atoms with Gasteiger partial charge in [0.1, 0.15) is 23.8 Å². The third kappa shape index (κ3) is 5.06. The number of rotatable bonds is 7. The summed E-state index contributed by atoms with van der Waals surface area (Å²) < 4.78 is 11.9. The summed E-state index contributed by atoms with van der Waals surface area (Å²) in [4.78, 5) is 31.4. The van der Waals surface area contributed by atoms with Crippen LogP contribution in [-0.2, 0) is 26.8 Å². The van der Waals surface area contributed by atoms with Gasteiger partial charge in [-0.2, -0.15) is 0 Å². The molecule has 4 rings (SSSR count). The van der Waals surface area contributed by atoms with Gasteiger partial charge < -0.3 is 35.0 Å². The van der Waals surface area contributed by atoms with Crippen LogP contribution in [0.4, 0.5) is 5.82 Å². The highest BCUT2D eigenvalue weighted by molar-refractivity contribution is 8.06. The van der Waals surface area contributed by atoms with E-state index in [1.54, 1.807) is 0 Å². The molecular weight excluding hydrogens is 465 g/mol. The molecule has 1 saturated heterocycles. The van der Waals surface area contributed by atoms with Crippen molar-refractivity contribution in [3.8, 4) is 0 Å². The predicted octanol–water partition coefficient (Wildman–Crippen LogP) is 0.546. The minimum Gasteiger partial charge on any atom is -0.387 e. The number of benzene rings is 1. The SMILES string of the molecule is Nc1nc(SCc2ccccc2)nc2c1ncn2[C@@H]1O[C@H](COP(O)(O)=S)[C@@H](O)[C@H]1O. The molecule has 0 unspecified atom stereocenters. The minimum absolute atomic E-state index is 0.175. The maximum absolute atomic E-state index is 10.5. The quantitative estimate of drug-likeness (QED) is 0.179. The van der Waals surface area contributed by atoms with Crippen molar-refractivity contribution >= 4 is 47.3 Å². The number of aliphatic hydroxyl groups is 2. The molecule has 0 bridgehead atoms. The largest absolute Gasteiger partial charge is 0.387 e. The van der Waals surface area contributed by atoms with Gasteiger partial charge >= 0.3 is 6.72 Å². The highest BCUT2D eigenvalue weighted by atomic mass is 32.5. The Bertz CT molecular complexity index is 1110. The van der Waals surface area contributed by atoms with Crippen LogP contribution in [0.3, 0.4) is 0 Å². The van der Waals surface area contributed by atoms with Crippen LogP contribution in [0.15, 0.2) is 41.8 Å². The summed E-state index contributed by atoms with van der Waals surface area (Å²) in [6.45, 7) is -4.33. The molecule has 4 atom stereocenters. The van der Waals surface area contributed by atoms with Crippen molar-refractivity contribution in [2.45, 2.75) is 35.4 Å². The van der Waals surface area contributed by atoms with Crippen LogP contribution in [0.2, 0.25) is 0 Å². The van der Waals surface area contributed by atoms with Crippen molar-refractivity contribution < 1.29 is 29.3 Å². The molecule has 14 heteroatoms. The number of ether oxygens (including phenoxy) is 1. The molecule has 31 heavy (non-hydrogen) atoms. The lowest BCUT2D eigenvalue weighted by atomic mass is 10.1. The number of fused-ring (bicyclic) bond motifs is 1. The second-order valence-electron chi connectivity index (χ2n) is 6.82. The van der Waals surface area contributed by atoms with Gasteiger partial charge in [0.25, 0.3) is 0 Å². The molecule has 2 aromatic heterocycles. The van der Waals surface area contributed by atoms with Crippen LogP contribution in [0.5, 0.6) is 0 Å². The Morgan fingerprint density at radius 2 is 1.94 bits per heavy atom. The topological polar surface area (TPSA) is 169 Å². The third-order valence-corrected chi connectivity index (χ3v) is 6.38. The van der Waals surface area contributed by atoms with Gasteiger partial charge in [-0.15, -0.1) is 0 Å². The van der Waals surface area contributed by atoms with Crippen LogP contribution in [0.25, 0.3) is 11.2 Å². The van der Waals surface area contributed by atoms with E-state index in [0.717, 1.165) is 5.56 Å². The normalized spacial score (nSPS) is 24.1. The van der Waals surface area contributed by atoms with Crippen molar-refractivity contribution in [2.24, 2.45) is 0 Å². The highest BCUT2D eigenvalue weighted by Gasteiger charge is 2.45. The van der Waals surface area contributed by atoms with Gasteiger partial charge in [-0.25, -0.2) is 15.0 Å². The minimum atomic E-state index is -3.93. The van der Waals surface area contributed by atoms with Gasteiger partial charge in [0.15, 0.2) is 22.8 Å². The van der Waals surface area contributed by atoms with Crippen LogP contribution in [-0.4, -0.2) is 64.4 Å². The Morgan fingerprint density at radius 3 is 2.65 bits per heavy atom. The molecule has 1 fully saturated rings. The lowest BCUT2D eigenvalue weighted by Crippen LogP contribution is -2.33. The summed E-state index contributed by atoms with van der Waals surface area (Å²) in [5.74, 6) is 0.808. The second-order valence-corrected chi connectivity index (χ2v) is 10.4. The summed E-state index contributed by atoms with van der Waals surface area (Å²) in [6.07, 6.45) is -3.41. The molecule has 1 aromatic carbocycles. The van der Waals surface area contributed by atoms with Crippen LogP contribution in [0.1, 0.15) is 11.8 Å². The van der Waals surface area contributed by atoms with E-state index in [1.807, 2.05) is 30.3 Å². The van der Waals surface area contributed by atoms with Gasteiger partial charge in [-0.1, -0.05) is 42.1 Å². The van der Waals surface area contributed by atoms with Gasteiger partial charge in [-0.05, 0) is 17.4 Å². The average molecular weight is 485 g/mol. The predicted molar refractivity (Wildman–Crippen MR) is 116 cm³/mol. The molecule has 6 N–H and O–H groups in total.